The van der Waals surface area contributed by atoms with Gasteiger partial charge in [0.1, 0.15) is 0 Å². The molecule has 5 heteroatoms. The van der Waals surface area contributed by atoms with E-state index in [1.807, 2.05) is 13.0 Å². The fourth-order valence-corrected chi connectivity index (χ4v) is 3.70. The average Bonchev–Trinajstić information content (AvgIpc) is 2.61. The van der Waals surface area contributed by atoms with Gasteiger partial charge in [-0.1, -0.05) is 43.5 Å². The predicted octanol–water partition coefficient (Wildman–Crippen LogP) is 2.59. The third kappa shape index (κ3) is 4.15. The minimum atomic E-state index is -0.351. The number of hydrogen-bond donors (Lipinski definition) is 2. The number of fused-ring (bicyclic) bond motifs is 1. The lowest BCUT2D eigenvalue weighted by atomic mass is 9.96. The summed E-state index contributed by atoms with van der Waals surface area (Å²) in [6.45, 7) is 3.47. The molecule has 3 amide bonds. The Morgan fingerprint density at radius 3 is 2.58 bits per heavy atom. The lowest BCUT2D eigenvalue weighted by Crippen LogP contribution is -2.52. The summed E-state index contributed by atoms with van der Waals surface area (Å²) in [6.07, 6.45) is 6.53. The van der Waals surface area contributed by atoms with Crippen molar-refractivity contribution in [2.75, 3.05) is 6.54 Å². The Hall–Kier alpha value is -1.88. The number of urea groups is 1. The van der Waals surface area contributed by atoms with E-state index in [-0.39, 0.29) is 24.0 Å². The third-order valence-corrected chi connectivity index (χ3v) is 5.26. The van der Waals surface area contributed by atoms with Crippen molar-refractivity contribution in [2.24, 2.45) is 0 Å². The molecule has 2 aliphatic rings. The van der Waals surface area contributed by atoms with Gasteiger partial charge in [-0.05, 0) is 37.3 Å². The van der Waals surface area contributed by atoms with E-state index in [1.54, 1.807) is 0 Å². The molecule has 0 spiro atoms. The summed E-state index contributed by atoms with van der Waals surface area (Å²) in [4.78, 5) is 26.6. The summed E-state index contributed by atoms with van der Waals surface area (Å²) in [5, 5.41) is 5.45. The topological polar surface area (TPSA) is 61.4 Å². The molecule has 1 aliphatic heterocycles. The minimum Gasteiger partial charge on any atom is -0.335 e. The smallest absolute Gasteiger partial charge is 0.321 e. The molecule has 1 aliphatic carbocycles. The van der Waals surface area contributed by atoms with Crippen LogP contribution in [0.3, 0.4) is 0 Å². The SMILES string of the molecule is C[C@H](C(=O)NC(=O)NC1CCCCC1)N1CCc2ccccc2C1. The van der Waals surface area contributed by atoms with Gasteiger partial charge in [0.05, 0.1) is 6.04 Å². The molecule has 2 N–H and O–H groups in total. The number of benzene rings is 1. The van der Waals surface area contributed by atoms with Crippen LogP contribution >= 0.6 is 0 Å². The number of carbonyl (C=O) groups excluding carboxylic acids is 2. The molecule has 1 aromatic rings. The van der Waals surface area contributed by atoms with Crippen LogP contribution in [0.2, 0.25) is 0 Å². The van der Waals surface area contributed by atoms with Crippen molar-refractivity contribution >= 4 is 11.9 Å². The summed E-state index contributed by atoms with van der Waals surface area (Å²) in [6, 6.07) is 7.90. The molecule has 0 saturated heterocycles. The van der Waals surface area contributed by atoms with E-state index in [0.717, 1.165) is 45.2 Å². The van der Waals surface area contributed by atoms with Crippen LogP contribution in [0.15, 0.2) is 24.3 Å². The second-order valence-corrected chi connectivity index (χ2v) is 6.96. The summed E-state index contributed by atoms with van der Waals surface area (Å²) in [5.74, 6) is -0.220. The van der Waals surface area contributed by atoms with Gasteiger partial charge in [0, 0.05) is 19.1 Å². The van der Waals surface area contributed by atoms with E-state index in [9.17, 15) is 9.59 Å². The highest BCUT2D eigenvalue weighted by Crippen LogP contribution is 2.20. The third-order valence-electron chi connectivity index (χ3n) is 5.26. The molecule has 0 radical (unpaired) electrons. The van der Waals surface area contributed by atoms with Gasteiger partial charge in [0.25, 0.3) is 0 Å². The van der Waals surface area contributed by atoms with Crippen molar-refractivity contribution in [3.8, 4) is 0 Å². The molecular weight excluding hydrogens is 302 g/mol. The van der Waals surface area contributed by atoms with Gasteiger partial charge in [-0.2, -0.15) is 0 Å². The van der Waals surface area contributed by atoms with Crippen LogP contribution in [0, 0.1) is 0 Å². The van der Waals surface area contributed by atoms with E-state index >= 15 is 0 Å². The molecule has 24 heavy (non-hydrogen) atoms. The first-order valence-corrected chi connectivity index (χ1v) is 9.05. The zero-order valence-corrected chi connectivity index (χ0v) is 14.4. The van der Waals surface area contributed by atoms with Crippen LogP contribution in [0.4, 0.5) is 4.79 Å². The zero-order valence-electron chi connectivity index (χ0n) is 14.4. The average molecular weight is 329 g/mol. The lowest BCUT2D eigenvalue weighted by Gasteiger charge is -2.32. The summed E-state index contributed by atoms with van der Waals surface area (Å²) in [5.41, 5.74) is 2.63. The molecule has 0 bridgehead atoms. The maximum atomic E-state index is 12.4. The number of nitrogens with zero attached hydrogens (tertiary/aromatic N) is 1. The number of carbonyl (C=O) groups is 2. The van der Waals surface area contributed by atoms with E-state index in [2.05, 4.69) is 33.7 Å². The highest BCUT2D eigenvalue weighted by atomic mass is 16.2. The van der Waals surface area contributed by atoms with Gasteiger partial charge in [0.15, 0.2) is 0 Å². The van der Waals surface area contributed by atoms with Crippen LogP contribution < -0.4 is 10.6 Å². The van der Waals surface area contributed by atoms with Crippen LogP contribution in [0.5, 0.6) is 0 Å². The van der Waals surface area contributed by atoms with Crippen molar-refractivity contribution in [2.45, 2.75) is 64.1 Å². The molecule has 1 heterocycles. The van der Waals surface area contributed by atoms with Gasteiger partial charge >= 0.3 is 6.03 Å². The Labute approximate surface area is 143 Å². The van der Waals surface area contributed by atoms with Crippen LogP contribution in [0.25, 0.3) is 0 Å². The van der Waals surface area contributed by atoms with Gasteiger partial charge in [-0.3, -0.25) is 15.0 Å². The zero-order chi connectivity index (χ0) is 16.9. The van der Waals surface area contributed by atoms with E-state index in [0.29, 0.717) is 0 Å². The largest absolute Gasteiger partial charge is 0.335 e. The van der Waals surface area contributed by atoms with Crippen LogP contribution in [0.1, 0.15) is 50.2 Å². The molecule has 1 atom stereocenters. The number of nitrogens with one attached hydrogen (secondary N) is 2. The highest BCUT2D eigenvalue weighted by molar-refractivity contribution is 5.96. The quantitative estimate of drug-likeness (QED) is 0.896. The predicted molar refractivity (Wildman–Crippen MR) is 93.6 cm³/mol. The molecule has 0 unspecified atom stereocenters. The molecule has 1 fully saturated rings. The second kappa shape index (κ2) is 7.79. The Kier molecular flexibility index (Phi) is 5.51. The van der Waals surface area contributed by atoms with Crippen molar-refractivity contribution < 1.29 is 9.59 Å². The normalized spacial score (nSPS) is 20.0. The Morgan fingerprint density at radius 1 is 1.12 bits per heavy atom. The van der Waals surface area contributed by atoms with E-state index < -0.39 is 0 Å². The first-order valence-electron chi connectivity index (χ1n) is 9.05. The van der Waals surface area contributed by atoms with Crippen molar-refractivity contribution in [1.82, 2.24) is 15.5 Å². The summed E-state index contributed by atoms with van der Waals surface area (Å²) < 4.78 is 0. The molecule has 1 aromatic carbocycles. The van der Waals surface area contributed by atoms with Crippen LogP contribution in [-0.2, 0) is 17.8 Å². The molecule has 1 saturated carbocycles. The molecule has 3 rings (SSSR count). The molecule has 5 nitrogen and oxygen atoms in total. The van der Waals surface area contributed by atoms with Crippen molar-refractivity contribution in [3.63, 3.8) is 0 Å². The van der Waals surface area contributed by atoms with Gasteiger partial charge in [0.2, 0.25) is 5.91 Å². The first-order chi connectivity index (χ1) is 11.6. The monoisotopic (exact) mass is 329 g/mol. The summed E-state index contributed by atoms with van der Waals surface area (Å²) in [7, 11) is 0. The molecule has 130 valence electrons. The van der Waals surface area contributed by atoms with Crippen molar-refractivity contribution in [3.05, 3.63) is 35.4 Å². The van der Waals surface area contributed by atoms with Crippen LogP contribution in [-0.4, -0.2) is 35.5 Å². The fraction of sp³-hybridized carbons (Fsp3) is 0.579. The maximum absolute atomic E-state index is 12.4. The Morgan fingerprint density at radius 2 is 1.83 bits per heavy atom. The lowest BCUT2D eigenvalue weighted by molar-refractivity contribution is -0.125. The second-order valence-electron chi connectivity index (χ2n) is 6.96. The number of imide groups is 1. The standard InChI is InChI=1S/C19H27N3O2/c1-14(22-12-11-15-7-5-6-8-16(15)13-22)18(23)21-19(24)20-17-9-3-2-4-10-17/h5-8,14,17H,2-4,9-13H2,1H3,(H2,20,21,23,24)/t14-/m1/s1. The number of amides is 3. The minimum absolute atomic E-state index is 0.212. The summed E-state index contributed by atoms with van der Waals surface area (Å²) >= 11 is 0. The van der Waals surface area contributed by atoms with Crippen molar-refractivity contribution in [1.29, 1.82) is 0 Å². The molecular formula is C19H27N3O2. The maximum Gasteiger partial charge on any atom is 0.321 e. The Bertz CT molecular complexity index is 596. The van der Waals surface area contributed by atoms with E-state index in [1.165, 1.54) is 17.5 Å². The first kappa shape index (κ1) is 17.0. The van der Waals surface area contributed by atoms with E-state index in [4.69, 9.17) is 0 Å². The highest BCUT2D eigenvalue weighted by Gasteiger charge is 2.26. The molecule has 0 aromatic heterocycles. The van der Waals surface area contributed by atoms with Gasteiger partial charge in [-0.15, -0.1) is 0 Å². The number of hydrogen-bond acceptors (Lipinski definition) is 3. The van der Waals surface area contributed by atoms with Gasteiger partial charge in [-0.25, -0.2) is 4.79 Å². The fourth-order valence-electron chi connectivity index (χ4n) is 3.70. The van der Waals surface area contributed by atoms with Gasteiger partial charge < -0.3 is 5.32 Å². The number of rotatable bonds is 3. The Balaban J connectivity index is 1.50.